The number of likely N-dealkylation sites (tertiary alicyclic amines) is 1. The highest BCUT2D eigenvalue weighted by Crippen LogP contribution is 2.35. The number of hydrogen-bond donors (Lipinski definition) is 1. The van der Waals surface area contributed by atoms with Crippen LogP contribution < -0.4 is 5.73 Å². The summed E-state index contributed by atoms with van der Waals surface area (Å²) in [5.74, 6) is 1.40. The number of amides is 2. The highest BCUT2D eigenvalue weighted by atomic mass is 16.2. The van der Waals surface area contributed by atoms with Crippen molar-refractivity contribution in [2.45, 2.75) is 37.6 Å². The van der Waals surface area contributed by atoms with Crippen LogP contribution in [-0.2, 0) is 4.79 Å². The zero-order chi connectivity index (χ0) is 19.0. The van der Waals surface area contributed by atoms with Crippen molar-refractivity contribution < 1.29 is 9.59 Å². The molecule has 2 aliphatic heterocycles. The lowest BCUT2D eigenvalue weighted by Gasteiger charge is -2.49. The molecule has 7 heteroatoms. The van der Waals surface area contributed by atoms with Gasteiger partial charge < -0.3 is 15.5 Å². The normalized spacial score (nSPS) is 27.1. The van der Waals surface area contributed by atoms with Gasteiger partial charge in [0, 0.05) is 50.9 Å². The topological polar surface area (TPSA) is 82.8 Å². The van der Waals surface area contributed by atoms with Gasteiger partial charge in [0.2, 0.25) is 5.91 Å². The molecule has 3 fully saturated rings. The number of hydrogen-bond acceptors (Lipinski definition) is 5. The van der Waals surface area contributed by atoms with E-state index in [0.29, 0.717) is 36.8 Å². The predicted molar refractivity (Wildman–Crippen MR) is 103 cm³/mol. The molecule has 2 saturated heterocycles. The van der Waals surface area contributed by atoms with Crippen molar-refractivity contribution in [1.29, 1.82) is 0 Å². The average Bonchev–Trinajstić information content (AvgIpc) is 3.50. The Hall–Kier alpha value is -2.15. The summed E-state index contributed by atoms with van der Waals surface area (Å²) in [5.41, 5.74) is 6.09. The molecule has 1 atom stereocenters. The standard InChI is InChI=1S/C20H29N5O2/c1-23-10-11-25(19(27)16-4-5-17(21)22-12-16)14-20(23)7-6-18(26)24(9-8-20)13-15-2-3-15/h4-5,12,15H,2-3,6-11,13-14H2,1H3,(H2,21,22)/t20-/m1/s1. The van der Waals surface area contributed by atoms with Gasteiger partial charge in [-0.05, 0) is 50.8 Å². The summed E-state index contributed by atoms with van der Waals surface area (Å²) in [7, 11) is 2.13. The Bertz CT molecular complexity index is 718. The van der Waals surface area contributed by atoms with Crippen LogP contribution in [0.25, 0.3) is 0 Å². The van der Waals surface area contributed by atoms with Crippen molar-refractivity contribution in [2.75, 3.05) is 45.5 Å². The van der Waals surface area contributed by atoms with Crippen LogP contribution in [0, 0.1) is 5.92 Å². The Labute approximate surface area is 160 Å². The van der Waals surface area contributed by atoms with Gasteiger partial charge in [-0.15, -0.1) is 0 Å². The summed E-state index contributed by atoms with van der Waals surface area (Å²) in [5, 5.41) is 0. The third-order valence-corrected chi connectivity index (χ3v) is 6.50. The molecule has 27 heavy (non-hydrogen) atoms. The zero-order valence-electron chi connectivity index (χ0n) is 16.1. The van der Waals surface area contributed by atoms with E-state index in [-0.39, 0.29) is 17.4 Å². The van der Waals surface area contributed by atoms with E-state index in [1.165, 1.54) is 12.8 Å². The van der Waals surface area contributed by atoms with Crippen LogP contribution in [0.15, 0.2) is 18.3 Å². The molecule has 1 saturated carbocycles. The number of anilines is 1. The van der Waals surface area contributed by atoms with Crippen LogP contribution in [0.4, 0.5) is 5.82 Å². The molecule has 0 aromatic carbocycles. The smallest absolute Gasteiger partial charge is 0.255 e. The van der Waals surface area contributed by atoms with Gasteiger partial charge in [-0.25, -0.2) is 4.98 Å². The Morgan fingerprint density at radius 3 is 2.78 bits per heavy atom. The van der Waals surface area contributed by atoms with Crippen LogP contribution >= 0.6 is 0 Å². The number of rotatable bonds is 3. The summed E-state index contributed by atoms with van der Waals surface area (Å²) in [6, 6.07) is 3.41. The highest BCUT2D eigenvalue weighted by Gasteiger charge is 2.44. The van der Waals surface area contributed by atoms with Crippen LogP contribution in [0.5, 0.6) is 0 Å². The van der Waals surface area contributed by atoms with Crippen LogP contribution in [0.2, 0.25) is 0 Å². The number of nitrogen functional groups attached to an aromatic ring is 1. The third kappa shape index (κ3) is 3.78. The number of carbonyl (C=O) groups excluding carboxylic acids is 2. The lowest BCUT2D eigenvalue weighted by molar-refractivity contribution is -0.130. The first kappa shape index (κ1) is 18.2. The molecule has 7 nitrogen and oxygen atoms in total. The van der Waals surface area contributed by atoms with Crippen molar-refractivity contribution in [3.8, 4) is 0 Å². The molecule has 0 radical (unpaired) electrons. The largest absolute Gasteiger partial charge is 0.384 e. The van der Waals surface area contributed by atoms with Crippen LogP contribution in [0.3, 0.4) is 0 Å². The number of likely N-dealkylation sites (N-methyl/N-ethyl adjacent to an activating group) is 1. The van der Waals surface area contributed by atoms with Gasteiger partial charge in [0.1, 0.15) is 5.82 Å². The molecule has 146 valence electrons. The molecule has 4 rings (SSSR count). The molecule has 3 aliphatic rings. The number of nitrogens with two attached hydrogens (primary N) is 1. The minimum atomic E-state index is -0.122. The Morgan fingerprint density at radius 1 is 1.26 bits per heavy atom. The minimum absolute atomic E-state index is 0.000356. The Balaban J connectivity index is 1.48. The second-order valence-corrected chi connectivity index (χ2v) is 8.38. The summed E-state index contributed by atoms with van der Waals surface area (Å²) < 4.78 is 0. The second-order valence-electron chi connectivity index (χ2n) is 8.38. The molecule has 3 heterocycles. The molecule has 0 bridgehead atoms. The number of carbonyl (C=O) groups is 2. The molecule has 1 spiro atoms. The van der Waals surface area contributed by atoms with Gasteiger partial charge >= 0.3 is 0 Å². The van der Waals surface area contributed by atoms with Crippen molar-refractivity contribution in [3.63, 3.8) is 0 Å². The molecule has 0 unspecified atom stereocenters. The SMILES string of the molecule is CN1CCN(C(=O)c2ccc(N)nc2)C[C@]12CCC(=O)N(CC1CC1)CC2. The molecular weight excluding hydrogens is 342 g/mol. The molecule has 1 aromatic heterocycles. The number of piperazine rings is 1. The Kier molecular flexibility index (Phi) is 4.80. The van der Waals surface area contributed by atoms with Gasteiger partial charge in [-0.3, -0.25) is 14.5 Å². The minimum Gasteiger partial charge on any atom is -0.384 e. The van der Waals surface area contributed by atoms with Gasteiger partial charge in [0.25, 0.3) is 5.91 Å². The molecule has 1 aromatic rings. The van der Waals surface area contributed by atoms with Gasteiger partial charge in [-0.2, -0.15) is 0 Å². The van der Waals surface area contributed by atoms with E-state index < -0.39 is 0 Å². The van der Waals surface area contributed by atoms with Crippen LogP contribution in [0.1, 0.15) is 42.5 Å². The predicted octanol–water partition coefficient (Wildman–Crippen LogP) is 1.21. The highest BCUT2D eigenvalue weighted by molar-refractivity contribution is 5.94. The summed E-state index contributed by atoms with van der Waals surface area (Å²) in [6.45, 7) is 3.90. The fourth-order valence-electron chi connectivity index (χ4n) is 4.39. The quantitative estimate of drug-likeness (QED) is 0.864. The lowest BCUT2D eigenvalue weighted by atomic mass is 9.86. The van der Waals surface area contributed by atoms with E-state index in [1.54, 1.807) is 18.3 Å². The van der Waals surface area contributed by atoms with Crippen LogP contribution in [-0.4, -0.2) is 76.8 Å². The van der Waals surface area contributed by atoms with Gasteiger partial charge in [-0.1, -0.05) is 0 Å². The summed E-state index contributed by atoms with van der Waals surface area (Å²) in [6.07, 6.45) is 6.37. The van der Waals surface area contributed by atoms with Crippen molar-refractivity contribution in [2.24, 2.45) is 5.92 Å². The number of pyridine rings is 1. The Morgan fingerprint density at radius 2 is 2.07 bits per heavy atom. The van der Waals surface area contributed by atoms with E-state index in [0.717, 1.165) is 32.5 Å². The molecule has 2 amide bonds. The number of aromatic nitrogens is 1. The first-order chi connectivity index (χ1) is 13.0. The first-order valence-electron chi connectivity index (χ1n) is 9.97. The van der Waals surface area contributed by atoms with E-state index in [4.69, 9.17) is 5.73 Å². The van der Waals surface area contributed by atoms with E-state index in [1.807, 2.05) is 4.90 Å². The van der Waals surface area contributed by atoms with Crippen molar-refractivity contribution in [1.82, 2.24) is 19.7 Å². The number of nitrogens with zero attached hydrogens (tertiary/aromatic N) is 4. The van der Waals surface area contributed by atoms with E-state index in [9.17, 15) is 9.59 Å². The third-order valence-electron chi connectivity index (χ3n) is 6.50. The second kappa shape index (κ2) is 7.11. The fourth-order valence-corrected chi connectivity index (χ4v) is 4.39. The monoisotopic (exact) mass is 371 g/mol. The maximum absolute atomic E-state index is 13.0. The van der Waals surface area contributed by atoms with Gasteiger partial charge in [0.15, 0.2) is 0 Å². The zero-order valence-corrected chi connectivity index (χ0v) is 16.1. The van der Waals surface area contributed by atoms with Crippen molar-refractivity contribution in [3.05, 3.63) is 23.9 Å². The summed E-state index contributed by atoms with van der Waals surface area (Å²) in [4.78, 5) is 36.0. The summed E-state index contributed by atoms with van der Waals surface area (Å²) >= 11 is 0. The van der Waals surface area contributed by atoms with Crippen molar-refractivity contribution >= 4 is 17.6 Å². The average molecular weight is 371 g/mol. The van der Waals surface area contributed by atoms with Gasteiger partial charge in [0.05, 0.1) is 5.56 Å². The first-order valence-corrected chi connectivity index (χ1v) is 9.97. The molecule has 2 N–H and O–H groups in total. The molecule has 1 aliphatic carbocycles. The van der Waals surface area contributed by atoms with E-state index >= 15 is 0 Å². The van der Waals surface area contributed by atoms with E-state index in [2.05, 4.69) is 21.8 Å². The lowest BCUT2D eigenvalue weighted by Crippen LogP contribution is -2.62. The maximum atomic E-state index is 13.0. The maximum Gasteiger partial charge on any atom is 0.255 e. The molecular formula is C20H29N5O2. The fraction of sp³-hybridized carbons (Fsp3) is 0.650.